The molecule has 2 rings (SSSR count). The molecule has 1 aromatic heterocycles. The van der Waals surface area contributed by atoms with E-state index in [1.54, 1.807) is 7.05 Å². The lowest BCUT2D eigenvalue weighted by Gasteiger charge is -2.02. The lowest BCUT2D eigenvalue weighted by Crippen LogP contribution is -2.13. The summed E-state index contributed by atoms with van der Waals surface area (Å²) < 4.78 is 12.9. The van der Waals surface area contributed by atoms with Gasteiger partial charge in [0.05, 0.1) is 12.7 Å². The van der Waals surface area contributed by atoms with E-state index in [9.17, 15) is 9.18 Å². The van der Waals surface area contributed by atoms with Crippen LogP contribution >= 0.6 is 0 Å². The number of hydrogen-bond acceptors (Lipinski definition) is 5. The van der Waals surface area contributed by atoms with Crippen LogP contribution in [0.25, 0.3) is 0 Å². The lowest BCUT2D eigenvalue weighted by molar-refractivity contribution is 0.102. The summed E-state index contributed by atoms with van der Waals surface area (Å²) in [6.45, 7) is 0. The van der Waals surface area contributed by atoms with E-state index >= 15 is 0 Å². The molecule has 1 heterocycles. The van der Waals surface area contributed by atoms with Crippen LogP contribution in [0.1, 0.15) is 10.4 Å². The number of tetrazole rings is 1. The Balaban J connectivity index is 2.17. The van der Waals surface area contributed by atoms with E-state index in [0.29, 0.717) is 0 Å². The van der Waals surface area contributed by atoms with Gasteiger partial charge in [0.2, 0.25) is 0 Å². The van der Waals surface area contributed by atoms with E-state index in [4.69, 9.17) is 5.73 Å². The summed E-state index contributed by atoms with van der Waals surface area (Å²) in [6, 6.07) is 3.67. The Morgan fingerprint density at radius 3 is 2.88 bits per heavy atom. The minimum Gasteiger partial charge on any atom is -0.396 e. The Labute approximate surface area is 95.4 Å². The van der Waals surface area contributed by atoms with Crippen molar-refractivity contribution in [1.82, 2.24) is 20.2 Å². The second kappa shape index (κ2) is 4.16. The average molecular weight is 236 g/mol. The Morgan fingerprint density at radius 2 is 2.29 bits per heavy atom. The molecule has 0 atom stereocenters. The molecule has 88 valence electrons. The molecule has 0 bridgehead atoms. The van der Waals surface area contributed by atoms with Crippen molar-refractivity contribution in [1.29, 1.82) is 0 Å². The summed E-state index contributed by atoms with van der Waals surface area (Å²) in [5.41, 5.74) is 5.48. The van der Waals surface area contributed by atoms with E-state index in [2.05, 4.69) is 20.7 Å². The molecule has 0 saturated carbocycles. The highest BCUT2D eigenvalue weighted by Gasteiger charge is 2.10. The van der Waals surface area contributed by atoms with Crippen molar-refractivity contribution >= 4 is 17.5 Å². The second-order valence-corrected chi connectivity index (χ2v) is 3.29. The quantitative estimate of drug-likeness (QED) is 0.725. The van der Waals surface area contributed by atoms with Gasteiger partial charge in [0.15, 0.2) is 0 Å². The Kier molecular flexibility index (Phi) is 2.69. The molecule has 1 amide bonds. The molecule has 0 saturated heterocycles. The van der Waals surface area contributed by atoms with Crippen LogP contribution in [0.5, 0.6) is 0 Å². The maximum atomic E-state index is 12.9. The highest BCUT2D eigenvalue weighted by molar-refractivity contribution is 6.03. The summed E-state index contributed by atoms with van der Waals surface area (Å²) in [4.78, 5) is 12.9. The van der Waals surface area contributed by atoms with Gasteiger partial charge in [-0.2, -0.15) is 4.80 Å². The molecular weight excluding hydrogens is 227 g/mol. The highest BCUT2D eigenvalue weighted by atomic mass is 19.1. The van der Waals surface area contributed by atoms with Crippen molar-refractivity contribution in [2.45, 2.75) is 0 Å². The number of aromatic nitrogens is 4. The maximum Gasteiger partial charge on any atom is 0.270 e. The zero-order valence-electron chi connectivity index (χ0n) is 8.88. The SMILES string of the molecule is Cn1nnc(NC(=O)c2ccc(F)c(N)c2)n1. The monoisotopic (exact) mass is 236 g/mol. The van der Waals surface area contributed by atoms with Crippen molar-refractivity contribution in [3.63, 3.8) is 0 Å². The predicted octanol–water partition coefficient (Wildman–Crippen LogP) is 0.184. The van der Waals surface area contributed by atoms with Crippen LogP contribution in [0.3, 0.4) is 0 Å². The third-order valence-electron chi connectivity index (χ3n) is 1.99. The standard InChI is InChI=1S/C9H9FN6O/c1-16-14-9(13-15-16)12-8(17)5-2-3-6(10)7(11)4-5/h2-4H,11H2,1H3,(H,12,14,17). The zero-order valence-corrected chi connectivity index (χ0v) is 8.88. The molecule has 0 spiro atoms. The summed E-state index contributed by atoms with van der Waals surface area (Å²) in [5.74, 6) is -0.982. The molecule has 17 heavy (non-hydrogen) atoms. The van der Waals surface area contributed by atoms with Gasteiger partial charge in [-0.1, -0.05) is 5.10 Å². The maximum absolute atomic E-state index is 12.9. The number of hydrogen-bond donors (Lipinski definition) is 2. The molecule has 0 aliphatic carbocycles. The van der Waals surface area contributed by atoms with Gasteiger partial charge < -0.3 is 5.73 Å². The molecule has 2 aromatic rings. The summed E-state index contributed by atoms with van der Waals surface area (Å²) in [5, 5.41) is 13.3. The molecule has 3 N–H and O–H groups in total. The van der Waals surface area contributed by atoms with Gasteiger partial charge >= 0.3 is 0 Å². The number of carbonyl (C=O) groups excluding carboxylic acids is 1. The van der Waals surface area contributed by atoms with Crippen LogP contribution < -0.4 is 11.1 Å². The number of nitrogens with one attached hydrogen (secondary N) is 1. The predicted molar refractivity (Wildman–Crippen MR) is 57.6 cm³/mol. The number of amides is 1. The van der Waals surface area contributed by atoms with Crippen molar-refractivity contribution in [3.05, 3.63) is 29.6 Å². The molecule has 0 radical (unpaired) electrons. The molecule has 8 heteroatoms. The largest absolute Gasteiger partial charge is 0.396 e. The number of halogens is 1. The third kappa shape index (κ3) is 2.36. The number of anilines is 2. The number of aryl methyl sites for hydroxylation is 1. The molecular formula is C9H9FN6O. The molecule has 0 fully saturated rings. The number of rotatable bonds is 2. The summed E-state index contributed by atoms with van der Waals surface area (Å²) in [7, 11) is 1.57. The van der Waals surface area contributed by atoms with Crippen molar-refractivity contribution in [3.8, 4) is 0 Å². The topological polar surface area (TPSA) is 98.7 Å². The second-order valence-electron chi connectivity index (χ2n) is 3.29. The van der Waals surface area contributed by atoms with Crippen molar-refractivity contribution in [2.24, 2.45) is 7.05 Å². The van der Waals surface area contributed by atoms with Crippen LogP contribution in [0.15, 0.2) is 18.2 Å². The van der Waals surface area contributed by atoms with E-state index in [-0.39, 0.29) is 17.2 Å². The minimum absolute atomic E-state index is 0.0698. The number of nitrogen functional groups attached to an aromatic ring is 1. The number of nitrogens with zero attached hydrogens (tertiary/aromatic N) is 4. The molecule has 0 aliphatic rings. The van der Waals surface area contributed by atoms with Crippen molar-refractivity contribution in [2.75, 3.05) is 11.1 Å². The third-order valence-corrected chi connectivity index (χ3v) is 1.99. The van der Waals surface area contributed by atoms with Gasteiger partial charge in [0.1, 0.15) is 5.82 Å². The van der Waals surface area contributed by atoms with Gasteiger partial charge in [-0.05, 0) is 23.4 Å². The Hall–Kier alpha value is -2.51. The number of nitrogens with two attached hydrogens (primary N) is 1. The normalized spacial score (nSPS) is 10.2. The van der Waals surface area contributed by atoms with E-state index in [1.807, 2.05) is 0 Å². The first kappa shape index (κ1) is 11.0. The van der Waals surface area contributed by atoms with Gasteiger partial charge in [-0.25, -0.2) is 4.39 Å². The minimum atomic E-state index is -0.570. The Bertz CT molecular complexity index is 566. The van der Waals surface area contributed by atoms with E-state index in [1.165, 1.54) is 16.9 Å². The molecule has 1 aromatic carbocycles. The average Bonchev–Trinajstić information content (AvgIpc) is 2.68. The van der Waals surface area contributed by atoms with Gasteiger partial charge in [-0.15, -0.1) is 5.10 Å². The van der Waals surface area contributed by atoms with Crippen LogP contribution in [0.4, 0.5) is 16.0 Å². The first-order valence-corrected chi connectivity index (χ1v) is 4.66. The Morgan fingerprint density at radius 1 is 1.53 bits per heavy atom. The molecule has 0 unspecified atom stereocenters. The van der Waals surface area contributed by atoms with E-state index in [0.717, 1.165) is 6.07 Å². The van der Waals surface area contributed by atoms with Crippen LogP contribution in [0.2, 0.25) is 0 Å². The van der Waals surface area contributed by atoms with E-state index < -0.39 is 11.7 Å². The van der Waals surface area contributed by atoms with Crippen LogP contribution in [-0.2, 0) is 7.05 Å². The molecule has 7 nitrogen and oxygen atoms in total. The number of benzene rings is 1. The van der Waals surface area contributed by atoms with Gasteiger partial charge in [0.25, 0.3) is 11.9 Å². The highest BCUT2D eigenvalue weighted by Crippen LogP contribution is 2.13. The summed E-state index contributed by atoms with van der Waals surface area (Å²) >= 11 is 0. The smallest absolute Gasteiger partial charge is 0.270 e. The lowest BCUT2D eigenvalue weighted by atomic mass is 10.2. The fourth-order valence-electron chi connectivity index (χ4n) is 1.19. The first-order valence-electron chi connectivity index (χ1n) is 4.66. The van der Waals surface area contributed by atoms with Gasteiger partial charge in [-0.3, -0.25) is 10.1 Å². The fraction of sp³-hybridized carbons (Fsp3) is 0.111. The van der Waals surface area contributed by atoms with Crippen LogP contribution in [0, 0.1) is 5.82 Å². The fourth-order valence-corrected chi connectivity index (χ4v) is 1.19. The first-order chi connectivity index (χ1) is 8.06. The van der Waals surface area contributed by atoms with Crippen molar-refractivity contribution < 1.29 is 9.18 Å². The molecule has 0 aliphatic heterocycles. The summed E-state index contributed by atoms with van der Waals surface area (Å²) in [6.07, 6.45) is 0. The van der Waals surface area contributed by atoms with Gasteiger partial charge in [0, 0.05) is 5.56 Å². The zero-order chi connectivity index (χ0) is 12.4. The van der Waals surface area contributed by atoms with Crippen LogP contribution in [-0.4, -0.2) is 26.1 Å². The number of carbonyl (C=O) groups is 1.